The Hall–Kier alpha value is -2.11. The largest absolute Gasteiger partial charge is 0.481 e. The Morgan fingerprint density at radius 3 is 2.56 bits per heavy atom. The van der Waals surface area contributed by atoms with E-state index in [2.05, 4.69) is 5.32 Å². The fourth-order valence-corrected chi connectivity index (χ4v) is 1.50. The standard InChI is InChI=1S/C12H16N2O4/c1-7-4-5-10(6-11(7)14(17)18)13-9(3)8(2)12(15)16/h4-6,8-9,13H,1-3H3,(H,15,16). The van der Waals surface area contributed by atoms with Crippen molar-refractivity contribution in [3.63, 3.8) is 0 Å². The number of hydrogen-bond donors (Lipinski definition) is 2. The first-order valence-electron chi connectivity index (χ1n) is 5.57. The minimum atomic E-state index is -0.906. The van der Waals surface area contributed by atoms with Gasteiger partial charge in [0.15, 0.2) is 0 Å². The van der Waals surface area contributed by atoms with Gasteiger partial charge in [0.05, 0.1) is 10.8 Å². The maximum atomic E-state index is 10.8. The molecule has 0 aliphatic carbocycles. The van der Waals surface area contributed by atoms with Crippen LogP contribution in [-0.4, -0.2) is 22.0 Å². The second-order valence-electron chi connectivity index (χ2n) is 4.32. The number of hydrogen-bond acceptors (Lipinski definition) is 4. The van der Waals surface area contributed by atoms with E-state index in [4.69, 9.17) is 5.11 Å². The number of anilines is 1. The van der Waals surface area contributed by atoms with Gasteiger partial charge in [0, 0.05) is 23.4 Å². The number of benzene rings is 1. The quantitative estimate of drug-likeness (QED) is 0.620. The van der Waals surface area contributed by atoms with Crippen molar-refractivity contribution in [1.82, 2.24) is 0 Å². The number of aliphatic carboxylic acids is 1. The number of carbonyl (C=O) groups is 1. The molecule has 1 rings (SSSR count). The highest BCUT2D eigenvalue weighted by atomic mass is 16.6. The lowest BCUT2D eigenvalue weighted by Crippen LogP contribution is -2.29. The lowest BCUT2D eigenvalue weighted by Gasteiger charge is -2.19. The second kappa shape index (κ2) is 5.48. The van der Waals surface area contributed by atoms with Gasteiger partial charge in [-0.15, -0.1) is 0 Å². The molecule has 6 heteroatoms. The van der Waals surface area contributed by atoms with Gasteiger partial charge < -0.3 is 10.4 Å². The Labute approximate surface area is 105 Å². The molecule has 2 N–H and O–H groups in total. The highest BCUT2D eigenvalue weighted by Crippen LogP contribution is 2.23. The first-order valence-corrected chi connectivity index (χ1v) is 5.57. The Morgan fingerprint density at radius 2 is 2.06 bits per heavy atom. The third-order valence-electron chi connectivity index (χ3n) is 2.94. The van der Waals surface area contributed by atoms with Crippen LogP contribution in [-0.2, 0) is 4.79 Å². The summed E-state index contributed by atoms with van der Waals surface area (Å²) >= 11 is 0. The van der Waals surface area contributed by atoms with Crippen molar-refractivity contribution in [3.05, 3.63) is 33.9 Å². The minimum absolute atomic E-state index is 0.0233. The summed E-state index contributed by atoms with van der Waals surface area (Å²) in [7, 11) is 0. The molecule has 98 valence electrons. The number of rotatable bonds is 5. The number of nitro groups is 1. The average molecular weight is 252 g/mol. The molecule has 0 fully saturated rings. The summed E-state index contributed by atoms with van der Waals surface area (Å²) in [6.07, 6.45) is 0. The van der Waals surface area contributed by atoms with Crippen LogP contribution in [0.1, 0.15) is 19.4 Å². The molecule has 0 radical (unpaired) electrons. The highest BCUT2D eigenvalue weighted by molar-refractivity contribution is 5.71. The van der Waals surface area contributed by atoms with Crippen LogP contribution in [0.2, 0.25) is 0 Å². The molecule has 0 aliphatic heterocycles. The van der Waals surface area contributed by atoms with E-state index in [1.165, 1.54) is 6.07 Å². The summed E-state index contributed by atoms with van der Waals surface area (Å²) in [6, 6.07) is 4.44. The lowest BCUT2D eigenvalue weighted by molar-refractivity contribution is -0.385. The van der Waals surface area contributed by atoms with E-state index < -0.39 is 16.8 Å². The van der Waals surface area contributed by atoms with E-state index in [1.807, 2.05) is 0 Å². The lowest BCUT2D eigenvalue weighted by atomic mass is 10.0. The van der Waals surface area contributed by atoms with Crippen molar-refractivity contribution in [2.75, 3.05) is 5.32 Å². The minimum Gasteiger partial charge on any atom is -0.481 e. The molecule has 2 unspecified atom stereocenters. The number of nitrogens with zero attached hydrogens (tertiary/aromatic N) is 1. The Balaban J connectivity index is 2.89. The monoisotopic (exact) mass is 252 g/mol. The molecule has 0 heterocycles. The van der Waals surface area contributed by atoms with Crippen molar-refractivity contribution in [1.29, 1.82) is 0 Å². The van der Waals surface area contributed by atoms with Gasteiger partial charge in [0.2, 0.25) is 0 Å². The fraction of sp³-hybridized carbons (Fsp3) is 0.417. The summed E-state index contributed by atoms with van der Waals surface area (Å²) in [4.78, 5) is 21.1. The van der Waals surface area contributed by atoms with E-state index in [1.54, 1.807) is 32.9 Å². The van der Waals surface area contributed by atoms with E-state index in [9.17, 15) is 14.9 Å². The van der Waals surface area contributed by atoms with Crippen molar-refractivity contribution in [2.45, 2.75) is 26.8 Å². The van der Waals surface area contributed by atoms with Crippen molar-refractivity contribution < 1.29 is 14.8 Å². The maximum Gasteiger partial charge on any atom is 0.308 e. The number of aryl methyl sites for hydroxylation is 1. The van der Waals surface area contributed by atoms with E-state index in [0.29, 0.717) is 11.3 Å². The van der Waals surface area contributed by atoms with Crippen LogP contribution in [0.25, 0.3) is 0 Å². The van der Waals surface area contributed by atoms with E-state index in [0.717, 1.165) is 0 Å². The van der Waals surface area contributed by atoms with Gasteiger partial charge >= 0.3 is 5.97 Å². The molecule has 0 saturated heterocycles. The second-order valence-corrected chi connectivity index (χ2v) is 4.32. The summed E-state index contributed by atoms with van der Waals surface area (Å²) in [5, 5.41) is 22.6. The fourth-order valence-electron chi connectivity index (χ4n) is 1.50. The summed E-state index contributed by atoms with van der Waals surface area (Å²) in [6.45, 7) is 4.97. The average Bonchev–Trinajstić information content (AvgIpc) is 2.29. The Kier molecular flexibility index (Phi) is 4.25. The molecule has 0 amide bonds. The third kappa shape index (κ3) is 3.19. The Morgan fingerprint density at radius 1 is 1.44 bits per heavy atom. The van der Waals surface area contributed by atoms with Gasteiger partial charge in [-0.3, -0.25) is 14.9 Å². The zero-order chi connectivity index (χ0) is 13.9. The molecule has 0 aromatic heterocycles. The first kappa shape index (κ1) is 14.0. The first-order chi connectivity index (χ1) is 8.32. The molecule has 18 heavy (non-hydrogen) atoms. The Bertz CT molecular complexity index is 473. The third-order valence-corrected chi connectivity index (χ3v) is 2.94. The van der Waals surface area contributed by atoms with Crippen molar-refractivity contribution >= 4 is 17.3 Å². The van der Waals surface area contributed by atoms with Crippen LogP contribution in [0.4, 0.5) is 11.4 Å². The number of carboxylic acid groups (broad SMARTS) is 1. The summed E-state index contributed by atoms with van der Waals surface area (Å²) < 4.78 is 0. The molecule has 1 aromatic rings. The van der Waals surface area contributed by atoms with Crippen LogP contribution < -0.4 is 5.32 Å². The van der Waals surface area contributed by atoms with Crippen LogP contribution >= 0.6 is 0 Å². The molecule has 0 aliphatic rings. The SMILES string of the molecule is Cc1ccc(NC(C)C(C)C(=O)O)cc1[N+](=O)[O-]. The maximum absolute atomic E-state index is 10.8. The molecule has 0 spiro atoms. The van der Waals surface area contributed by atoms with Crippen LogP contribution in [0.3, 0.4) is 0 Å². The topological polar surface area (TPSA) is 92.5 Å². The molecule has 6 nitrogen and oxygen atoms in total. The van der Waals surface area contributed by atoms with Crippen molar-refractivity contribution in [3.8, 4) is 0 Å². The molecule has 2 atom stereocenters. The van der Waals surface area contributed by atoms with E-state index >= 15 is 0 Å². The number of carboxylic acids is 1. The van der Waals surface area contributed by atoms with Crippen molar-refractivity contribution in [2.24, 2.45) is 5.92 Å². The van der Waals surface area contributed by atoms with Gasteiger partial charge in [-0.1, -0.05) is 6.07 Å². The molecular weight excluding hydrogens is 236 g/mol. The normalized spacial score (nSPS) is 13.7. The van der Waals surface area contributed by atoms with Gasteiger partial charge in [-0.2, -0.15) is 0 Å². The van der Waals surface area contributed by atoms with Crippen LogP contribution in [0.5, 0.6) is 0 Å². The predicted octanol–water partition coefficient (Wildman–Crippen LogP) is 2.42. The predicted molar refractivity (Wildman–Crippen MR) is 67.7 cm³/mol. The van der Waals surface area contributed by atoms with Gasteiger partial charge in [-0.25, -0.2) is 0 Å². The van der Waals surface area contributed by atoms with Crippen LogP contribution in [0.15, 0.2) is 18.2 Å². The van der Waals surface area contributed by atoms with Gasteiger partial charge in [0.1, 0.15) is 0 Å². The van der Waals surface area contributed by atoms with Crippen LogP contribution in [0, 0.1) is 23.0 Å². The zero-order valence-electron chi connectivity index (χ0n) is 10.5. The number of nitro benzene ring substituents is 1. The molecular formula is C12H16N2O4. The molecule has 1 aromatic carbocycles. The zero-order valence-corrected chi connectivity index (χ0v) is 10.5. The molecule has 0 bridgehead atoms. The number of nitrogens with one attached hydrogen (secondary N) is 1. The highest BCUT2D eigenvalue weighted by Gasteiger charge is 2.20. The smallest absolute Gasteiger partial charge is 0.308 e. The van der Waals surface area contributed by atoms with Gasteiger partial charge in [-0.05, 0) is 26.8 Å². The summed E-state index contributed by atoms with van der Waals surface area (Å²) in [5.41, 5.74) is 1.15. The molecule has 0 saturated carbocycles. The van der Waals surface area contributed by atoms with E-state index in [-0.39, 0.29) is 11.7 Å². The van der Waals surface area contributed by atoms with Gasteiger partial charge in [0.25, 0.3) is 5.69 Å². The summed E-state index contributed by atoms with van der Waals surface area (Å²) in [5.74, 6) is -1.48.